The number of carbonyl (C=O) groups excluding carboxylic acids is 1. The third-order valence-electron chi connectivity index (χ3n) is 3.10. The average Bonchev–Trinajstić information content (AvgIpc) is 2.43. The van der Waals surface area contributed by atoms with Crippen molar-refractivity contribution < 1.29 is 14.3 Å². The number of aromatic nitrogens is 2. The number of hydrogen-bond donors (Lipinski definition) is 1. The Bertz CT molecular complexity index is 529. The molecule has 1 aromatic rings. The van der Waals surface area contributed by atoms with Gasteiger partial charge in [0.1, 0.15) is 12.4 Å². The molecule has 1 aliphatic heterocycles. The quantitative estimate of drug-likeness (QED) is 0.840. The first-order chi connectivity index (χ1) is 9.61. The Morgan fingerprint density at radius 2 is 2.45 bits per heavy atom. The second-order valence-corrected chi connectivity index (χ2v) is 4.57. The number of rotatable bonds is 4. The number of carbonyl (C=O) groups is 1. The summed E-state index contributed by atoms with van der Waals surface area (Å²) in [6.07, 6.45) is 0. The molecular formula is C13H19N3O4. The van der Waals surface area contributed by atoms with E-state index in [4.69, 9.17) is 9.47 Å². The van der Waals surface area contributed by atoms with Crippen LogP contribution in [0.4, 0.5) is 0 Å². The Morgan fingerprint density at radius 3 is 3.15 bits per heavy atom. The summed E-state index contributed by atoms with van der Waals surface area (Å²) >= 11 is 0. The third-order valence-corrected chi connectivity index (χ3v) is 3.10. The lowest BCUT2D eigenvalue weighted by molar-refractivity contribution is -0.145. The van der Waals surface area contributed by atoms with Crippen molar-refractivity contribution in [2.45, 2.75) is 19.9 Å². The summed E-state index contributed by atoms with van der Waals surface area (Å²) in [5, 5.41) is 0. The number of aryl methyl sites for hydroxylation is 1. The molecule has 0 saturated carbocycles. The lowest BCUT2D eigenvalue weighted by atomic mass is 10.1. The standard InChI is InChI=1S/C13H19N3O4/c1-3-19-8-13(18)16-4-5-20-7-11(16)10-6-12(17)15-9(2)14-10/h6,11H,3-5,7-8H2,1-2H3,(H,14,15,17)/t11-/m1/s1. The normalized spacial score (nSPS) is 19.1. The van der Waals surface area contributed by atoms with E-state index >= 15 is 0 Å². The van der Waals surface area contributed by atoms with Crippen LogP contribution in [0.15, 0.2) is 10.9 Å². The molecule has 7 heteroatoms. The molecule has 1 aliphatic rings. The summed E-state index contributed by atoms with van der Waals surface area (Å²) in [7, 11) is 0. The fraction of sp³-hybridized carbons (Fsp3) is 0.615. The van der Waals surface area contributed by atoms with Crippen LogP contribution in [0.2, 0.25) is 0 Å². The Labute approximate surface area is 116 Å². The predicted molar refractivity (Wildman–Crippen MR) is 71.4 cm³/mol. The van der Waals surface area contributed by atoms with Crippen molar-refractivity contribution in [1.82, 2.24) is 14.9 Å². The Morgan fingerprint density at radius 1 is 1.65 bits per heavy atom. The van der Waals surface area contributed by atoms with E-state index in [9.17, 15) is 9.59 Å². The minimum Gasteiger partial charge on any atom is -0.377 e. The van der Waals surface area contributed by atoms with Crippen LogP contribution in [0.5, 0.6) is 0 Å². The van der Waals surface area contributed by atoms with Crippen LogP contribution in [0.1, 0.15) is 24.5 Å². The Hall–Kier alpha value is -1.73. The molecule has 20 heavy (non-hydrogen) atoms. The maximum Gasteiger partial charge on any atom is 0.251 e. The number of ether oxygens (including phenoxy) is 2. The molecule has 0 radical (unpaired) electrons. The molecule has 1 fully saturated rings. The minimum atomic E-state index is -0.335. The molecule has 0 spiro atoms. The molecule has 2 rings (SSSR count). The van der Waals surface area contributed by atoms with Crippen molar-refractivity contribution in [1.29, 1.82) is 0 Å². The number of nitrogens with one attached hydrogen (secondary N) is 1. The van der Waals surface area contributed by atoms with E-state index in [0.29, 0.717) is 37.9 Å². The van der Waals surface area contributed by atoms with Crippen LogP contribution >= 0.6 is 0 Å². The van der Waals surface area contributed by atoms with Crippen molar-refractivity contribution in [3.63, 3.8) is 0 Å². The first-order valence-electron chi connectivity index (χ1n) is 6.64. The Balaban J connectivity index is 2.21. The van der Waals surface area contributed by atoms with Crippen LogP contribution in [-0.4, -0.2) is 53.7 Å². The van der Waals surface area contributed by atoms with Gasteiger partial charge in [0.15, 0.2) is 0 Å². The number of hydrogen-bond acceptors (Lipinski definition) is 5. The zero-order valence-electron chi connectivity index (χ0n) is 11.7. The minimum absolute atomic E-state index is 0.0369. The maximum absolute atomic E-state index is 12.1. The highest BCUT2D eigenvalue weighted by Crippen LogP contribution is 2.21. The van der Waals surface area contributed by atoms with E-state index in [-0.39, 0.29) is 24.1 Å². The predicted octanol–water partition coefficient (Wildman–Crippen LogP) is 0.0147. The first kappa shape index (κ1) is 14.7. The van der Waals surface area contributed by atoms with Crippen LogP contribution in [0.3, 0.4) is 0 Å². The van der Waals surface area contributed by atoms with Crippen LogP contribution in [-0.2, 0) is 14.3 Å². The van der Waals surface area contributed by atoms with Crippen molar-refractivity contribution >= 4 is 5.91 Å². The molecule has 0 bridgehead atoms. The number of morpholine rings is 1. The third kappa shape index (κ3) is 3.43. The van der Waals surface area contributed by atoms with Gasteiger partial charge < -0.3 is 19.4 Å². The maximum atomic E-state index is 12.1. The number of amides is 1. The highest BCUT2D eigenvalue weighted by molar-refractivity contribution is 5.78. The molecule has 1 atom stereocenters. The van der Waals surface area contributed by atoms with Gasteiger partial charge in [-0.2, -0.15) is 0 Å². The van der Waals surface area contributed by atoms with Crippen molar-refractivity contribution in [2.24, 2.45) is 0 Å². The molecule has 1 aromatic heterocycles. The molecular weight excluding hydrogens is 262 g/mol. The molecule has 0 aromatic carbocycles. The van der Waals surface area contributed by atoms with Gasteiger partial charge in [-0.15, -0.1) is 0 Å². The SMILES string of the molecule is CCOCC(=O)N1CCOC[C@@H]1c1cc(=O)[nH]c(C)n1. The van der Waals surface area contributed by atoms with Gasteiger partial charge in [0.05, 0.1) is 24.9 Å². The summed E-state index contributed by atoms with van der Waals surface area (Å²) in [5.41, 5.74) is 0.325. The second-order valence-electron chi connectivity index (χ2n) is 4.57. The van der Waals surface area contributed by atoms with Gasteiger partial charge in [0.25, 0.3) is 5.56 Å². The summed E-state index contributed by atoms with van der Waals surface area (Å²) in [4.78, 5) is 32.2. The lowest BCUT2D eigenvalue weighted by Crippen LogP contribution is -2.45. The van der Waals surface area contributed by atoms with E-state index in [0.717, 1.165) is 0 Å². The smallest absolute Gasteiger partial charge is 0.251 e. The van der Waals surface area contributed by atoms with Crippen molar-refractivity contribution in [3.8, 4) is 0 Å². The summed E-state index contributed by atoms with van der Waals surface area (Å²) in [6.45, 7) is 5.37. The highest BCUT2D eigenvalue weighted by atomic mass is 16.5. The summed E-state index contributed by atoms with van der Waals surface area (Å²) in [5.74, 6) is 0.412. The molecule has 7 nitrogen and oxygen atoms in total. The molecule has 0 aliphatic carbocycles. The van der Waals surface area contributed by atoms with Crippen LogP contribution in [0.25, 0.3) is 0 Å². The van der Waals surface area contributed by atoms with Crippen molar-refractivity contribution in [3.05, 3.63) is 27.9 Å². The molecule has 2 heterocycles. The van der Waals surface area contributed by atoms with Gasteiger partial charge in [-0.3, -0.25) is 9.59 Å². The van der Waals surface area contributed by atoms with Gasteiger partial charge in [-0.1, -0.05) is 0 Å². The molecule has 1 N–H and O–H groups in total. The van der Waals surface area contributed by atoms with Crippen molar-refractivity contribution in [2.75, 3.05) is 33.0 Å². The topological polar surface area (TPSA) is 84.5 Å². The summed E-state index contributed by atoms with van der Waals surface area (Å²) in [6, 6.07) is 1.07. The largest absolute Gasteiger partial charge is 0.377 e. The fourth-order valence-electron chi connectivity index (χ4n) is 2.19. The van der Waals surface area contributed by atoms with Gasteiger partial charge >= 0.3 is 0 Å². The first-order valence-corrected chi connectivity index (χ1v) is 6.64. The lowest BCUT2D eigenvalue weighted by Gasteiger charge is -2.35. The van der Waals surface area contributed by atoms with E-state index in [2.05, 4.69) is 9.97 Å². The van der Waals surface area contributed by atoms with Gasteiger partial charge in [-0.05, 0) is 13.8 Å². The molecule has 1 saturated heterocycles. The second kappa shape index (κ2) is 6.62. The molecule has 0 unspecified atom stereocenters. The zero-order valence-corrected chi connectivity index (χ0v) is 11.7. The number of aromatic amines is 1. The van der Waals surface area contributed by atoms with Gasteiger partial charge in [-0.25, -0.2) is 4.98 Å². The number of nitrogens with zero attached hydrogens (tertiary/aromatic N) is 2. The fourth-order valence-corrected chi connectivity index (χ4v) is 2.19. The summed E-state index contributed by atoms with van der Waals surface area (Å²) < 4.78 is 10.6. The van der Waals surface area contributed by atoms with E-state index in [1.54, 1.807) is 11.8 Å². The van der Waals surface area contributed by atoms with E-state index < -0.39 is 0 Å². The van der Waals surface area contributed by atoms with E-state index in [1.165, 1.54) is 6.07 Å². The van der Waals surface area contributed by atoms with Gasteiger partial charge in [0, 0.05) is 19.2 Å². The zero-order chi connectivity index (χ0) is 14.5. The molecule has 1 amide bonds. The van der Waals surface area contributed by atoms with Crippen LogP contribution in [0, 0.1) is 6.92 Å². The average molecular weight is 281 g/mol. The number of H-pyrrole nitrogens is 1. The molecule has 110 valence electrons. The van der Waals surface area contributed by atoms with E-state index in [1.807, 2.05) is 6.92 Å². The Kier molecular flexibility index (Phi) is 4.86. The van der Waals surface area contributed by atoms with Crippen LogP contribution < -0.4 is 5.56 Å². The monoisotopic (exact) mass is 281 g/mol. The van der Waals surface area contributed by atoms with Gasteiger partial charge in [0.2, 0.25) is 5.91 Å². The highest BCUT2D eigenvalue weighted by Gasteiger charge is 2.29.